The van der Waals surface area contributed by atoms with Gasteiger partial charge in [0.2, 0.25) is 0 Å². The molecular weight excluding hydrogens is 567 g/mol. The number of likely N-dealkylation sites (tertiary alicyclic amines) is 1. The Hall–Kier alpha value is -2.85. The van der Waals surface area contributed by atoms with Crippen molar-refractivity contribution in [2.75, 3.05) is 23.8 Å². The van der Waals surface area contributed by atoms with Crippen molar-refractivity contribution in [1.82, 2.24) is 10.2 Å². The van der Waals surface area contributed by atoms with Crippen molar-refractivity contribution >= 4 is 68.1 Å². The molecule has 6 rings (SSSR count). The van der Waals surface area contributed by atoms with Crippen LogP contribution in [0.1, 0.15) is 17.0 Å². The number of amides is 2. The van der Waals surface area contributed by atoms with E-state index in [4.69, 9.17) is 23.8 Å². The zero-order chi connectivity index (χ0) is 25.4. The van der Waals surface area contributed by atoms with Gasteiger partial charge in [0.25, 0.3) is 11.8 Å². The molecule has 3 heterocycles. The molecule has 0 aromatic heterocycles. The van der Waals surface area contributed by atoms with Crippen LogP contribution in [0.5, 0.6) is 0 Å². The van der Waals surface area contributed by atoms with Gasteiger partial charge >= 0.3 is 0 Å². The molecule has 0 aliphatic carbocycles. The summed E-state index contributed by atoms with van der Waals surface area (Å²) in [6.07, 6.45) is 0. The molecule has 3 aromatic carbocycles. The van der Waals surface area contributed by atoms with Crippen molar-refractivity contribution in [3.05, 3.63) is 93.2 Å². The van der Waals surface area contributed by atoms with Crippen molar-refractivity contribution < 1.29 is 14.0 Å². The van der Waals surface area contributed by atoms with Crippen LogP contribution in [-0.4, -0.2) is 41.0 Å². The van der Waals surface area contributed by atoms with Gasteiger partial charge in [0.05, 0.1) is 5.69 Å². The highest BCUT2D eigenvalue weighted by Gasteiger charge is 2.77. The van der Waals surface area contributed by atoms with Gasteiger partial charge in [0.15, 0.2) is 16.2 Å². The van der Waals surface area contributed by atoms with Gasteiger partial charge in [-0.05, 0) is 79.4 Å². The maximum atomic E-state index is 14.7. The fourth-order valence-corrected chi connectivity index (χ4v) is 6.87. The van der Waals surface area contributed by atoms with Crippen LogP contribution in [0, 0.1) is 5.82 Å². The SMILES string of the molecule is CN1C[C@@H](c2ccc(Cl)cc2)[C@]2(NC(=S)N(c3ccc(F)cc3)C2=O)[C@@]12C(=O)Nc1ccc(Br)cc12. The second-order valence-corrected chi connectivity index (χ2v) is 10.9. The smallest absolute Gasteiger partial charge is 0.262 e. The first-order valence-electron chi connectivity index (χ1n) is 11.2. The summed E-state index contributed by atoms with van der Waals surface area (Å²) in [6.45, 7) is 0.389. The number of hydrogen-bond donors (Lipinski definition) is 2. The Labute approximate surface area is 225 Å². The number of thiocarbonyl (C=S) groups is 1. The molecule has 182 valence electrons. The Morgan fingerprint density at radius 2 is 1.78 bits per heavy atom. The first kappa shape index (κ1) is 23.5. The Kier molecular flexibility index (Phi) is 5.28. The Bertz CT molecular complexity index is 1450. The van der Waals surface area contributed by atoms with Crippen LogP contribution in [0.15, 0.2) is 71.2 Å². The number of nitrogens with zero attached hydrogens (tertiary/aromatic N) is 2. The van der Waals surface area contributed by atoms with E-state index in [9.17, 15) is 14.0 Å². The lowest BCUT2D eigenvalue weighted by atomic mass is 9.67. The minimum absolute atomic E-state index is 0.150. The first-order valence-corrected chi connectivity index (χ1v) is 12.8. The van der Waals surface area contributed by atoms with Gasteiger partial charge in [-0.2, -0.15) is 0 Å². The average Bonchev–Trinajstić information content (AvgIpc) is 3.39. The van der Waals surface area contributed by atoms with Gasteiger partial charge in [0.1, 0.15) is 5.82 Å². The predicted octanol–water partition coefficient (Wildman–Crippen LogP) is 4.78. The van der Waals surface area contributed by atoms with E-state index >= 15 is 0 Å². The third-order valence-corrected chi connectivity index (χ3v) is 8.51. The minimum atomic E-state index is -1.49. The fraction of sp³-hybridized carbons (Fsp3) is 0.192. The molecule has 2 N–H and O–H groups in total. The summed E-state index contributed by atoms with van der Waals surface area (Å²) in [5, 5.41) is 7.03. The number of halogens is 3. The van der Waals surface area contributed by atoms with Gasteiger partial charge < -0.3 is 10.6 Å². The second kappa shape index (κ2) is 8.08. The Morgan fingerprint density at radius 3 is 2.47 bits per heavy atom. The first-order chi connectivity index (χ1) is 17.2. The second-order valence-electron chi connectivity index (χ2n) is 9.19. The molecule has 3 aromatic rings. The Morgan fingerprint density at radius 1 is 1.08 bits per heavy atom. The van der Waals surface area contributed by atoms with Gasteiger partial charge in [-0.15, -0.1) is 0 Å². The zero-order valence-corrected chi connectivity index (χ0v) is 22.0. The van der Waals surface area contributed by atoms with Crippen LogP contribution in [0.3, 0.4) is 0 Å². The molecule has 0 saturated carbocycles. The van der Waals surface area contributed by atoms with E-state index in [1.54, 1.807) is 12.1 Å². The summed E-state index contributed by atoms with van der Waals surface area (Å²) in [4.78, 5) is 32.0. The molecule has 0 unspecified atom stereocenters. The van der Waals surface area contributed by atoms with Crippen molar-refractivity contribution in [3.8, 4) is 0 Å². The summed E-state index contributed by atoms with van der Waals surface area (Å²) in [5.74, 6) is -1.60. The van der Waals surface area contributed by atoms with Crippen LogP contribution < -0.4 is 15.5 Å². The highest BCUT2D eigenvalue weighted by Crippen LogP contribution is 2.59. The predicted molar refractivity (Wildman–Crippen MR) is 144 cm³/mol. The number of nitrogens with one attached hydrogen (secondary N) is 2. The molecular formula is C26H19BrClFN4O2S. The average molecular weight is 586 g/mol. The standard InChI is InChI=1S/C26H19BrClFN4O2S/c1-32-13-20(14-2-5-16(28)6-3-14)25(26(32)19-12-15(27)4-11-21(19)30-22(26)34)23(35)33(24(36)31-25)18-9-7-17(29)8-10-18/h2-12,20H,13H2,1H3,(H,30,34)(H,31,36)/t20-,25+,26+/m0/s1. The lowest BCUT2D eigenvalue weighted by Crippen LogP contribution is -2.68. The largest absolute Gasteiger partial charge is 0.345 e. The lowest BCUT2D eigenvalue weighted by Gasteiger charge is -2.42. The number of fused-ring (bicyclic) bond motifs is 3. The van der Waals surface area contributed by atoms with Crippen molar-refractivity contribution in [3.63, 3.8) is 0 Å². The monoisotopic (exact) mass is 584 g/mol. The van der Waals surface area contributed by atoms with Crippen LogP contribution in [0.2, 0.25) is 5.02 Å². The zero-order valence-electron chi connectivity index (χ0n) is 18.9. The number of likely N-dealkylation sites (N-methyl/N-ethyl adjacent to an activating group) is 1. The lowest BCUT2D eigenvalue weighted by molar-refractivity contribution is -0.137. The molecule has 10 heteroatoms. The minimum Gasteiger partial charge on any atom is -0.345 e. The van der Waals surface area contributed by atoms with Crippen LogP contribution >= 0.6 is 39.7 Å². The number of carbonyl (C=O) groups is 2. The summed E-state index contributed by atoms with van der Waals surface area (Å²) in [7, 11) is 1.84. The number of rotatable bonds is 2. The summed E-state index contributed by atoms with van der Waals surface area (Å²) in [5.41, 5.74) is -0.340. The van der Waals surface area contributed by atoms with Gasteiger partial charge in [-0.25, -0.2) is 4.39 Å². The maximum absolute atomic E-state index is 14.7. The summed E-state index contributed by atoms with van der Waals surface area (Å²) >= 11 is 15.4. The highest BCUT2D eigenvalue weighted by molar-refractivity contribution is 9.10. The van der Waals surface area contributed by atoms with Gasteiger partial charge in [0, 0.05) is 33.2 Å². The molecule has 2 saturated heterocycles. The molecule has 6 nitrogen and oxygen atoms in total. The van der Waals surface area contributed by atoms with Crippen molar-refractivity contribution in [2.45, 2.75) is 17.0 Å². The fourth-order valence-electron chi connectivity index (χ4n) is 6.03. The maximum Gasteiger partial charge on any atom is 0.262 e. The molecule has 2 fully saturated rings. The number of carbonyl (C=O) groups excluding carboxylic acids is 2. The molecule has 3 aliphatic heterocycles. The van der Waals surface area contributed by atoms with Gasteiger partial charge in [-0.1, -0.05) is 39.7 Å². The summed E-state index contributed by atoms with van der Waals surface area (Å²) in [6, 6.07) is 18.4. The molecule has 0 radical (unpaired) electrons. The van der Waals surface area contributed by atoms with Crippen molar-refractivity contribution in [2.24, 2.45) is 0 Å². The molecule has 36 heavy (non-hydrogen) atoms. The normalized spacial score (nSPS) is 27.2. The topological polar surface area (TPSA) is 64.7 Å². The molecule has 2 spiro atoms. The van der Waals surface area contributed by atoms with Crippen LogP contribution in [0.25, 0.3) is 0 Å². The summed E-state index contributed by atoms with van der Waals surface area (Å²) < 4.78 is 14.5. The molecule has 0 bridgehead atoms. The van der Waals surface area contributed by atoms with E-state index < -0.39 is 22.8 Å². The third kappa shape index (κ3) is 2.94. The number of hydrogen-bond acceptors (Lipinski definition) is 4. The molecule has 3 aliphatic rings. The van der Waals surface area contributed by atoms with E-state index in [-0.39, 0.29) is 16.9 Å². The third-order valence-electron chi connectivity index (χ3n) is 7.48. The van der Waals surface area contributed by atoms with E-state index in [0.29, 0.717) is 28.5 Å². The van der Waals surface area contributed by atoms with Crippen LogP contribution in [-0.2, 0) is 15.1 Å². The Balaban J connectivity index is 1.63. The van der Waals surface area contributed by atoms with Crippen LogP contribution in [0.4, 0.5) is 15.8 Å². The quantitative estimate of drug-likeness (QED) is 0.424. The number of benzene rings is 3. The van der Waals surface area contributed by atoms with E-state index in [1.807, 2.05) is 42.3 Å². The van der Waals surface area contributed by atoms with Crippen molar-refractivity contribution in [1.29, 1.82) is 0 Å². The van der Waals surface area contributed by atoms with E-state index in [1.165, 1.54) is 29.2 Å². The van der Waals surface area contributed by atoms with E-state index in [2.05, 4.69) is 26.6 Å². The highest BCUT2D eigenvalue weighted by atomic mass is 79.9. The van der Waals surface area contributed by atoms with E-state index in [0.717, 1.165) is 10.0 Å². The molecule has 3 atom stereocenters. The molecule has 2 amide bonds. The number of anilines is 2. The van der Waals surface area contributed by atoms with Gasteiger partial charge in [-0.3, -0.25) is 19.4 Å².